The van der Waals surface area contributed by atoms with Crippen LogP contribution in [0.3, 0.4) is 0 Å². The van der Waals surface area contributed by atoms with E-state index in [2.05, 4.69) is 0 Å². The number of carbonyl (C=O) groups excluding carboxylic acids is 1. The van der Waals surface area contributed by atoms with E-state index in [0.717, 1.165) is 42.7 Å². The van der Waals surface area contributed by atoms with Gasteiger partial charge in [0, 0.05) is 12.0 Å². The van der Waals surface area contributed by atoms with E-state index in [9.17, 15) is 4.79 Å². The van der Waals surface area contributed by atoms with Crippen molar-refractivity contribution in [1.82, 2.24) is 0 Å². The van der Waals surface area contributed by atoms with Gasteiger partial charge in [-0.15, -0.1) is 0 Å². The molecule has 0 spiro atoms. The highest BCUT2D eigenvalue weighted by molar-refractivity contribution is 5.93. The van der Waals surface area contributed by atoms with Gasteiger partial charge in [-0.25, -0.2) is 0 Å². The molecule has 0 saturated carbocycles. The number of primary amides is 1. The molecule has 0 aliphatic carbocycles. The highest BCUT2D eigenvalue weighted by Crippen LogP contribution is 2.21. The van der Waals surface area contributed by atoms with Gasteiger partial charge in [-0.3, -0.25) is 4.79 Å². The standard InChI is InChI=1S/C20H21NO3/c21-20(22)17-7-3-5-15(13-17)10-11-16-6-4-8-18(14-16)24-19-9-1-2-12-23-19/h3-8,10-11,13-14,19H,1-2,9,12H2,(H2,21,22). The summed E-state index contributed by atoms with van der Waals surface area (Å²) in [6.07, 6.45) is 6.95. The van der Waals surface area contributed by atoms with Gasteiger partial charge in [0.15, 0.2) is 6.29 Å². The van der Waals surface area contributed by atoms with E-state index in [4.69, 9.17) is 15.2 Å². The van der Waals surface area contributed by atoms with Crippen LogP contribution in [0.5, 0.6) is 5.75 Å². The van der Waals surface area contributed by atoms with E-state index in [-0.39, 0.29) is 6.29 Å². The summed E-state index contributed by atoms with van der Waals surface area (Å²) >= 11 is 0. The lowest BCUT2D eigenvalue weighted by atomic mass is 10.1. The SMILES string of the molecule is NC(=O)c1cccc(C=Cc2cccc(OC3CCCCO3)c2)c1. The Labute approximate surface area is 141 Å². The molecule has 124 valence electrons. The molecular formula is C20H21NO3. The van der Waals surface area contributed by atoms with E-state index in [1.807, 2.05) is 48.6 Å². The molecule has 4 heteroatoms. The van der Waals surface area contributed by atoms with Crippen LogP contribution in [0.2, 0.25) is 0 Å². The predicted octanol–water partition coefficient (Wildman–Crippen LogP) is 3.86. The average molecular weight is 323 g/mol. The Bertz CT molecular complexity index is 733. The Morgan fingerprint density at radius 1 is 1.08 bits per heavy atom. The number of amides is 1. The first-order valence-corrected chi connectivity index (χ1v) is 8.17. The maximum atomic E-state index is 11.2. The minimum absolute atomic E-state index is 0.148. The second-order valence-corrected chi connectivity index (χ2v) is 5.81. The lowest BCUT2D eigenvalue weighted by Crippen LogP contribution is -2.24. The third-order valence-corrected chi connectivity index (χ3v) is 3.90. The Morgan fingerprint density at radius 3 is 2.54 bits per heavy atom. The third kappa shape index (κ3) is 4.46. The van der Waals surface area contributed by atoms with Gasteiger partial charge in [0.2, 0.25) is 5.91 Å². The molecule has 3 rings (SSSR count). The maximum Gasteiger partial charge on any atom is 0.248 e. The Kier molecular flexibility index (Phi) is 5.29. The maximum absolute atomic E-state index is 11.2. The first-order valence-electron chi connectivity index (χ1n) is 8.17. The Hall–Kier alpha value is -2.59. The van der Waals surface area contributed by atoms with Gasteiger partial charge in [-0.1, -0.05) is 36.4 Å². The number of hydrogen-bond donors (Lipinski definition) is 1. The second-order valence-electron chi connectivity index (χ2n) is 5.81. The molecule has 0 aromatic heterocycles. The van der Waals surface area contributed by atoms with E-state index < -0.39 is 5.91 Å². The van der Waals surface area contributed by atoms with E-state index in [0.29, 0.717) is 5.56 Å². The van der Waals surface area contributed by atoms with Crippen LogP contribution in [0.15, 0.2) is 48.5 Å². The fourth-order valence-corrected chi connectivity index (χ4v) is 2.64. The first-order chi connectivity index (χ1) is 11.7. The van der Waals surface area contributed by atoms with Gasteiger partial charge < -0.3 is 15.2 Å². The molecule has 1 fully saturated rings. The zero-order valence-electron chi connectivity index (χ0n) is 13.5. The van der Waals surface area contributed by atoms with Crippen molar-refractivity contribution < 1.29 is 14.3 Å². The van der Waals surface area contributed by atoms with E-state index in [1.165, 1.54) is 0 Å². The van der Waals surface area contributed by atoms with Crippen molar-refractivity contribution in [2.45, 2.75) is 25.6 Å². The summed E-state index contributed by atoms with van der Waals surface area (Å²) in [5.74, 6) is 0.378. The Morgan fingerprint density at radius 2 is 1.83 bits per heavy atom. The van der Waals surface area contributed by atoms with Crippen molar-refractivity contribution in [3.05, 3.63) is 65.2 Å². The molecule has 4 nitrogen and oxygen atoms in total. The molecular weight excluding hydrogens is 302 g/mol. The molecule has 1 aliphatic heterocycles. The summed E-state index contributed by atoms with van der Waals surface area (Å²) in [6.45, 7) is 0.764. The Balaban J connectivity index is 1.69. The summed E-state index contributed by atoms with van der Waals surface area (Å²) in [6, 6.07) is 15.1. The van der Waals surface area contributed by atoms with Crippen molar-refractivity contribution in [3.63, 3.8) is 0 Å². The molecule has 1 heterocycles. The fourth-order valence-electron chi connectivity index (χ4n) is 2.64. The molecule has 0 radical (unpaired) electrons. The van der Waals surface area contributed by atoms with E-state index in [1.54, 1.807) is 12.1 Å². The third-order valence-electron chi connectivity index (χ3n) is 3.90. The topological polar surface area (TPSA) is 61.6 Å². The molecule has 1 amide bonds. The van der Waals surface area contributed by atoms with Crippen molar-refractivity contribution in [3.8, 4) is 5.75 Å². The summed E-state index contributed by atoms with van der Waals surface area (Å²) in [7, 11) is 0. The predicted molar refractivity (Wildman–Crippen MR) is 94.5 cm³/mol. The molecule has 2 aromatic rings. The highest BCUT2D eigenvalue weighted by Gasteiger charge is 2.14. The summed E-state index contributed by atoms with van der Waals surface area (Å²) in [5.41, 5.74) is 7.76. The fraction of sp³-hybridized carbons (Fsp3) is 0.250. The van der Waals surface area contributed by atoms with Gasteiger partial charge in [0.05, 0.1) is 6.61 Å². The van der Waals surface area contributed by atoms with Crippen LogP contribution < -0.4 is 10.5 Å². The number of carbonyl (C=O) groups is 1. The zero-order valence-corrected chi connectivity index (χ0v) is 13.5. The van der Waals surface area contributed by atoms with Gasteiger partial charge in [0.25, 0.3) is 0 Å². The van der Waals surface area contributed by atoms with Crippen LogP contribution in [0, 0.1) is 0 Å². The molecule has 1 unspecified atom stereocenters. The lowest BCUT2D eigenvalue weighted by Gasteiger charge is -2.23. The van der Waals surface area contributed by atoms with Crippen molar-refractivity contribution in [2.75, 3.05) is 6.61 Å². The minimum atomic E-state index is -0.423. The molecule has 0 bridgehead atoms. The molecule has 1 saturated heterocycles. The zero-order chi connectivity index (χ0) is 16.8. The largest absolute Gasteiger partial charge is 0.465 e. The number of nitrogens with two attached hydrogens (primary N) is 1. The van der Waals surface area contributed by atoms with Gasteiger partial charge >= 0.3 is 0 Å². The van der Waals surface area contributed by atoms with Crippen molar-refractivity contribution >= 4 is 18.1 Å². The minimum Gasteiger partial charge on any atom is -0.465 e. The first kappa shape index (κ1) is 16.3. The van der Waals surface area contributed by atoms with Crippen LogP contribution in [0.1, 0.15) is 40.7 Å². The van der Waals surface area contributed by atoms with E-state index >= 15 is 0 Å². The summed E-state index contributed by atoms with van der Waals surface area (Å²) in [5, 5.41) is 0. The number of hydrogen-bond acceptors (Lipinski definition) is 3. The highest BCUT2D eigenvalue weighted by atomic mass is 16.7. The molecule has 2 N–H and O–H groups in total. The summed E-state index contributed by atoms with van der Waals surface area (Å²) < 4.78 is 11.5. The second kappa shape index (κ2) is 7.79. The van der Waals surface area contributed by atoms with Gasteiger partial charge in [-0.2, -0.15) is 0 Å². The summed E-state index contributed by atoms with van der Waals surface area (Å²) in [4.78, 5) is 11.2. The van der Waals surface area contributed by atoms with Crippen LogP contribution in [-0.2, 0) is 4.74 Å². The lowest BCUT2D eigenvalue weighted by molar-refractivity contribution is -0.105. The van der Waals surface area contributed by atoms with Crippen LogP contribution in [0.25, 0.3) is 12.2 Å². The van der Waals surface area contributed by atoms with Gasteiger partial charge in [0.1, 0.15) is 5.75 Å². The molecule has 1 atom stereocenters. The smallest absolute Gasteiger partial charge is 0.248 e. The normalized spacial score (nSPS) is 17.8. The monoisotopic (exact) mass is 323 g/mol. The van der Waals surface area contributed by atoms with Crippen LogP contribution in [-0.4, -0.2) is 18.8 Å². The molecule has 24 heavy (non-hydrogen) atoms. The number of rotatable bonds is 5. The molecule has 2 aromatic carbocycles. The molecule has 1 aliphatic rings. The average Bonchev–Trinajstić information content (AvgIpc) is 2.61. The van der Waals surface area contributed by atoms with Crippen LogP contribution in [0.4, 0.5) is 0 Å². The number of benzene rings is 2. The quantitative estimate of drug-likeness (QED) is 0.850. The van der Waals surface area contributed by atoms with Crippen molar-refractivity contribution in [2.24, 2.45) is 5.73 Å². The van der Waals surface area contributed by atoms with Crippen LogP contribution >= 0.6 is 0 Å². The van der Waals surface area contributed by atoms with Crippen molar-refractivity contribution in [1.29, 1.82) is 0 Å². The van der Waals surface area contributed by atoms with Gasteiger partial charge in [-0.05, 0) is 48.2 Å². The number of ether oxygens (including phenoxy) is 2.